The normalized spacial score (nSPS) is 17.8. The number of ether oxygens (including phenoxy) is 1. The Morgan fingerprint density at radius 2 is 1.54 bits per heavy atom. The quantitative estimate of drug-likeness (QED) is 0.0741. The maximum atomic E-state index is 11.8. The fraction of sp³-hybridized carbons (Fsp3) is 0.889. The van der Waals surface area contributed by atoms with Gasteiger partial charge in [0.05, 0.1) is 0 Å². The van der Waals surface area contributed by atoms with Crippen LogP contribution in [0.1, 0.15) is 110 Å². The van der Waals surface area contributed by atoms with Gasteiger partial charge in [0.1, 0.15) is 0 Å². The van der Waals surface area contributed by atoms with Crippen molar-refractivity contribution in [3.8, 4) is 0 Å². The van der Waals surface area contributed by atoms with Gasteiger partial charge in [-0.3, -0.25) is 0 Å². The molecule has 1 aliphatic heterocycles. The van der Waals surface area contributed by atoms with Gasteiger partial charge < -0.3 is 0 Å². The van der Waals surface area contributed by atoms with E-state index in [2.05, 4.69) is 16.9 Å². The first kappa shape index (κ1) is 34.8. The third kappa shape index (κ3) is 17.2. The van der Waals surface area contributed by atoms with Crippen LogP contribution in [0.4, 0.5) is 5.95 Å². The van der Waals surface area contributed by atoms with Crippen LogP contribution < -0.4 is 11.4 Å². The number of nitrogens with two attached hydrogens (primary N) is 1. The van der Waals surface area contributed by atoms with Crippen molar-refractivity contribution in [2.75, 3.05) is 36.8 Å². The summed E-state index contributed by atoms with van der Waals surface area (Å²) in [7, 11) is 0.605. The Balaban J connectivity index is 1.32. The molecule has 2 rings (SSSR count). The van der Waals surface area contributed by atoms with Crippen LogP contribution in [0.2, 0.25) is 0 Å². The second-order valence-corrected chi connectivity index (χ2v) is 15.4. The second kappa shape index (κ2) is 22.2. The van der Waals surface area contributed by atoms with Crippen molar-refractivity contribution in [1.82, 2.24) is 14.5 Å². The molecule has 39 heavy (non-hydrogen) atoms. The predicted octanol–water partition coefficient (Wildman–Crippen LogP) is 6.74. The van der Waals surface area contributed by atoms with E-state index in [1.54, 1.807) is 0 Å². The van der Waals surface area contributed by atoms with Crippen LogP contribution in [0, 0.1) is 0 Å². The average molecular weight is 609 g/mol. The summed E-state index contributed by atoms with van der Waals surface area (Å²) in [5, 5.41) is 0. The van der Waals surface area contributed by atoms with E-state index in [4.69, 9.17) is 19.5 Å². The average Bonchev–Trinajstić information content (AvgIpc) is 2.92. The fourth-order valence-corrected chi connectivity index (χ4v) is 8.31. The van der Waals surface area contributed by atoms with Gasteiger partial charge in [0, 0.05) is 0 Å². The van der Waals surface area contributed by atoms with Crippen LogP contribution >= 0.6 is 29.5 Å². The zero-order chi connectivity index (χ0) is 28.0. The Morgan fingerprint density at radius 1 is 0.974 bits per heavy atom. The van der Waals surface area contributed by atoms with Gasteiger partial charge in [-0.1, -0.05) is 71.1 Å². The summed E-state index contributed by atoms with van der Waals surface area (Å²) in [6.45, 7) is 3.14. The number of anilines is 1. The minimum absolute atomic E-state index is 0.0199. The Morgan fingerprint density at radius 3 is 2.08 bits per heavy atom. The summed E-state index contributed by atoms with van der Waals surface area (Å²) in [5.41, 5.74) is 4.91. The van der Waals surface area contributed by atoms with Crippen molar-refractivity contribution >= 4 is 35.5 Å². The summed E-state index contributed by atoms with van der Waals surface area (Å²) in [4.78, 5) is 29.8. The molecular weight excluding hydrogens is 555 g/mol. The molecule has 0 bridgehead atoms. The molecule has 1 aliphatic rings. The molecule has 1 fully saturated rings. The molecule has 0 aromatic carbocycles. The first-order chi connectivity index (χ1) is 19.0. The van der Waals surface area contributed by atoms with Crippen molar-refractivity contribution < 1.29 is 18.7 Å². The number of nitrogens with zero attached hydrogens (tertiary/aromatic N) is 3. The summed E-state index contributed by atoms with van der Waals surface area (Å²) in [6.07, 6.45) is 22.6. The van der Waals surface area contributed by atoms with E-state index in [-0.39, 0.29) is 31.6 Å². The molecule has 1 aromatic rings. The number of hydrogen-bond acceptors (Lipinski definition) is 10. The summed E-state index contributed by atoms with van der Waals surface area (Å²) in [6, 6.07) is 0. The van der Waals surface area contributed by atoms with E-state index in [0.717, 1.165) is 18.6 Å². The van der Waals surface area contributed by atoms with Gasteiger partial charge in [-0.15, -0.1) is 0 Å². The van der Waals surface area contributed by atoms with Crippen molar-refractivity contribution in [1.29, 1.82) is 0 Å². The molecule has 12 heteroatoms. The molecule has 9 nitrogen and oxygen atoms in total. The molecule has 1 aromatic heterocycles. The van der Waals surface area contributed by atoms with Crippen LogP contribution in [0.15, 0.2) is 11.1 Å². The summed E-state index contributed by atoms with van der Waals surface area (Å²) in [5.74, 6) is 2.26. The standard InChI is InChI=1S/C27H53N4O5PS2/c1-2-3-4-5-6-7-8-9-10-11-12-13-14-16-19-38-39-20-17-15-18-35-37(33)24-34-25(22-36-37)21-31-23-29-26(28)30-27(31)32/h23,25,33,37H,2-22,24H2,1H3,(H2,28,30,32). The molecule has 0 amide bonds. The van der Waals surface area contributed by atoms with Crippen molar-refractivity contribution in [3.63, 3.8) is 0 Å². The van der Waals surface area contributed by atoms with Gasteiger partial charge in [-0.2, -0.15) is 0 Å². The van der Waals surface area contributed by atoms with Gasteiger partial charge in [0.15, 0.2) is 0 Å². The van der Waals surface area contributed by atoms with E-state index in [9.17, 15) is 9.69 Å². The van der Waals surface area contributed by atoms with Crippen molar-refractivity contribution in [3.05, 3.63) is 16.8 Å². The van der Waals surface area contributed by atoms with Crippen LogP contribution in [0.5, 0.6) is 0 Å². The van der Waals surface area contributed by atoms with Gasteiger partial charge in [0.25, 0.3) is 0 Å². The van der Waals surface area contributed by atoms with E-state index >= 15 is 0 Å². The van der Waals surface area contributed by atoms with Gasteiger partial charge in [-0.05, 0) is 0 Å². The Labute approximate surface area is 244 Å². The number of unbranched alkanes of at least 4 members (excludes halogenated alkanes) is 14. The first-order valence-electron chi connectivity index (χ1n) is 15.1. The summed E-state index contributed by atoms with van der Waals surface area (Å²) >= 11 is 0. The number of rotatable bonds is 24. The molecule has 228 valence electrons. The molecule has 0 aliphatic carbocycles. The molecule has 0 radical (unpaired) electrons. The molecule has 1 atom stereocenters. The Bertz CT molecular complexity index is 800. The van der Waals surface area contributed by atoms with E-state index in [1.165, 1.54) is 107 Å². The zero-order valence-electron chi connectivity index (χ0n) is 24.0. The van der Waals surface area contributed by atoms with Crippen molar-refractivity contribution in [2.24, 2.45) is 0 Å². The molecule has 1 unspecified atom stereocenters. The van der Waals surface area contributed by atoms with E-state index < -0.39 is 13.6 Å². The minimum atomic E-state index is -3.31. The number of nitrogen functional groups attached to an aromatic ring is 1. The topological polar surface area (TPSA) is 122 Å². The van der Waals surface area contributed by atoms with Gasteiger partial charge >= 0.3 is 173 Å². The molecular formula is C27H53N4O5PS2. The molecule has 2 heterocycles. The van der Waals surface area contributed by atoms with Gasteiger partial charge in [0.2, 0.25) is 0 Å². The van der Waals surface area contributed by atoms with Crippen LogP contribution in [0.3, 0.4) is 0 Å². The predicted molar refractivity (Wildman–Crippen MR) is 167 cm³/mol. The zero-order valence-corrected chi connectivity index (χ0v) is 26.7. The number of aromatic nitrogens is 3. The second-order valence-electron chi connectivity index (χ2n) is 10.4. The molecule has 1 saturated heterocycles. The number of hydrogen-bond donors (Lipinski definition) is 2. The SMILES string of the molecule is CCCCCCCCCCCCCCCCSSCCCCO[PH]1(O)COC(Cn2cnc(N)nc2=O)CO1. The Hall–Kier alpha value is -0.420. The van der Waals surface area contributed by atoms with Crippen molar-refractivity contribution in [2.45, 2.75) is 122 Å². The van der Waals surface area contributed by atoms with Crippen LogP contribution in [-0.2, 0) is 20.3 Å². The fourth-order valence-electron chi connectivity index (χ4n) is 4.41. The third-order valence-electron chi connectivity index (χ3n) is 6.80. The van der Waals surface area contributed by atoms with Gasteiger partial charge in [-0.25, -0.2) is 0 Å². The van der Waals surface area contributed by atoms with Crippen LogP contribution in [-0.4, -0.2) is 56.6 Å². The summed E-state index contributed by atoms with van der Waals surface area (Å²) < 4.78 is 18.3. The molecule has 3 N–H and O–H groups in total. The van der Waals surface area contributed by atoms with Crippen LogP contribution in [0.25, 0.3) is 0 Å². The first-order valence-corrected chi connectivity index (χ1v) is 19.5. The van der Waals surface area contributed by atoms with E-state index in [1.807, 2.05) is 21.6 Å². The third-order valence-corrected chi connectivity index (χ3v) is 11.2. The molecule has 0 spiro atoms. The molecule has 0 saturated carbocycles. The monoisotopic (exact) mass is 608 g/mol. The Kier molecular flexibility index (Phi) is 19.8. The maximum absolute atomic E-state index is 11.8. The van der Waals surface area contributed by atoms with E-state index in [0.29, 0.717) is 6.61 Å².